The highest BCUT2D eigenvalue weighted by Crippen LogP contribution is 2.25. The molecule has 3 N–H and O–H groups in total. The second-order valence-corrected chi connectivity index (χ2v) is 6.78. The number of carbonyl (C=O) groups excluding carboxylic acids is 1. The Kier molecular flexibility index (Phi) is 5.98. The number of aliphatic hydroxyl groups excluding tert-OH is 2. The molecular formula is C14H23NO4S. The number of amides is 1. The molecular weight excluding hydrogens is 278 g/mol. The van der Waals surface area contributed by atoms with Crippen molar-refractivity contribution in [2.45, 2.75) is 51.9 Å². The van der Waals surface area contributed by atoms with Crippen LogP contribution < -0.4 is 5.32 Å². The minimum absolute atomic E-state index is 0.246. The zero-order chi connectivity index (χ0) is 15.3. The molecule has 1 aromatic rings. The molecule has 2 unspecified atom stereocenters. The lowest BCUT2D eigenvalue weighted by molar-refractivity contribution is 0.0122. The fourth-order valence-electron chi connectivity index (χ4n) is 1.70. The van der Waals surface area contributed by atoms with Crippen LogP contribution in [0.25, 0.3) is 0 Å². The molecule has 0 saturated carbocycles. The number of nitrogens with one attached hydrogen (secondary N) is 1. The first-order valence-corrected chi connectivity index (χ1v) is 7.45. The molecule has 0 aliphatic heterocycles. The van der Waals surface area contributed by atoms with Crippen molar-refractivity contribution >= 4 is 17.4 Å². The second kappa shape index (κ2) is 7.06. The van der Waals surface area contributed by atoms with Crippen molar-refractivity contribution in [3.8, 4) is 0 Å². The Morgan fingerprint density at radius 2 is 2.10 bits per heavy atom. The summed E-state index contributed by atoms with van der Waals surface area (Å²) in [5, 5.41) is 24.4. The molecule has 0 aliphatic rings. The molecule has 0 fully saturated rings. The normalized spacial score (nSPS) is 14.7. The van der Waals surface area contributed by atoms with Crippen LogP contribution in [0.5, 0.6) is 0 Å². The van der Waals surface area contributed by atoms with Gasteiger partial charge in [0.2, 0.25) is 0 Å². The largest absolute Gasteiger partial charge is 0.444 e. The summed E-state index contributed by atoms with van der Waals surface area (Å²) in [6.45, 7) is 7.49. The monoisotopic (exact) mass is 301 g/mol. The molecule has 0 radical (unpaired) electrons. The predicted molar refractivity (Wildman–Crippen MR) is 78.9 cm³/mol. The van der Waals surface area contributed by atoms with Crippen LogP contribution in [-0.2, 0) is 4.74 Å². The van der Waals surface area contributed by atoms with E-state index >= 15 is 0 Å². The molecule has 0 saturated heterocycles. The van der Waals surface area contributed by atoms with E-state index in [1.807, 2.05) is 12.3 Å². The smallest absolute Gasteiger partial charge is 0.407 e. The summed E-state index contributed by atoms with van der Waals surface area (Å²) in [6, 6.07) is 1.80. The first-order valence-electron chi connectivity index (χ1n) is 6.57. The summed E-state index contributed by atoms with van der Waals surface area (Å²) in [7, 11) is 0. The Hall–Kier alpha value is -1.11. The van der Waals surface area contributed by atoms with Crippen LogP contribution in [0.2, 0.25) is 0 Å². The van der Waals surface area contributed by atoms with Crippen LogP contribution in [-0.4, -0.2) is 34.6 Å². The Morgan fingerprint density at radius 3 is 2.60 bits per heavy atom. The molecule has 1 rings (SSSR count). The van der Waals surface area contributed by atoms with Crippen LogP contribution in [0.1, 0.15) is 43.7 Å². The molecule has 20 heavy (non-hydrogen) atoms. The van der Waals surface area contributed by atoms with E-state index in [9.17, 15) is 15.0 Å². The van der Waals surface area contributed by atoms with Gasteiger partial charge in [-0.3, -0.25) is 0 Å². The van der Waals surface area contributed by atoms with Crippen molar-refractivity contribution in [1.82, 2.24) is 5.32 Å². The van der Waals surface area contributed by atoms with Gasteiger partial charge in [0.05, 0.1) is 6.10 Å². The van der Waals surface area contributed by atoms with Gasteiger partial charge in [-0.25, -0.2) is 4.79 Å². The van der Waals surface area contributed by atoms with Crippen molar-refractivity contribution in [2.24, 2.45) is 0 Å². The topological polar surface area (TPSA) is 78.8 Å². The third kappa shape index (κ3) is 5.48. The third-order valence-corrected chi connectivity index (χ3v) is 3.55. The lowest BCUT2D eigenvalue weighted by Crippen LogP contribution is -2.34. The number of hydrogen-bond acceptors (Lipinski definition) is 5. The number of aryl methyl sites for hydroxylation is 1. The van der Waals surface area contributed by atoms with Crippen LogP contribution in [0.3, 0.4) is 0 Å². The molecule has 5 nitrogen and oxygen atoms in total. The number of carbonyl (C=O) groups is 1. The highest BCUT2D eigenvalue weighted by atomic mass is 32.1. The van der Waals surface area contributed by atoms with Crippen LogP contribution in [0.4, 0.5) is 4.79 Å². The average Bonchev–Trinajstić information content (AvgIpc) is 2.71. The predicted octanol–water partition coefficient (Wildman–Crippen LogP) is 2.37. The Bertz CT molecular complexity index is 439. The van der Waals surface area contributed by atoms with Gasteiger partial charge >= 0.3 is 6.09 Å². The maximum atomic E-state index is 11.4. The number of aliphatic hydroxyl groups is 2. The van der Waals surface area contributed by atoms with E-state index in [0.717, 1.165) is 10.4 Å². The standard InChI is InChI=1S/C14H23NO4S/c1-9-10(6-8-20-9)12(17)11(16)5-7-15-13(18)19-14(2,3)4/h6,8,11-12,16-17H,5,7H2,1-4H3,(H,15,18). The van der Waals surface area contributed by atoms with Gasteiger partial charge in [-0.1, -0.05) is 0 Å². The summed E-state index contributed by atoms with van der Waals surface area (Å²) >= 11 is 1.52. The number of thiophene rings is 1. The van der Waals surface area contributed by atoms with Gasteiger partial charge in [0.15, 0.2) is 0 Å². The van der Waals surface area contributed by atoms with Gasteiger partial charge in [0, 0.05) is 11.4 Å². The van der Waals surface area contributed by atoms with Gasteiger partial charge in [0.1, 0.15) is 11.7 Å². The van der Waals surface area contributed by atoms with E-state index in [4.69, 9.17) is 4.74 Å². The van der Waals surface area contributed by atoms with E-state index < -0.39 is 23.9 Å². The minimum atomic E-state index is -0.929. The molecule has 1 heterocycles. The van der Waals surface area contributed by atoms with E-state index in [2.05, 4.69) is 5.32 Å². The van der Waals surface area contributed by atoms with Gasteiger partial charge in [-0.15, -0.1) is 11.3 Å². The molecule has 2 atom stereocenters. The molecule has 0 aromatic carbocycles. The van der Waals surface area contributed by atoms with Crippen molar-refractivity contribution < 1.29 is 19.7 Å². The first-order chi connectivity index (χ1) is 9.20. The first kappa shape index (κ1) is 16.9. The van der Waals surface area contributed by atoms with Crippen molar-refractivity contribution in [3.05, 3.63) is 21.9 Å². The lowest BCUT2D eigenvalue weighted by atomic mass is 10.0. The Morgan fingerprint density at radius 1 is 1.45 bits per heavy atom. The summed E-state index contributed by atoms with van der Waals surface area (Å²) in [5.41, 5.74) is 0.190. The zero-order valence-electron chi connectivity index (χ0n) is 12.3. The molecule has 0 spiro atoms. The van der Waals surface area contributed by atoms with Crippen molar-refractivity contribution in [3.63, 3.8) is 0 Å². The van der Waals surface area contributed by atoms with E-state index in [1.165, 1.54) is 11.3 Å². The molecule has 1 amide bonds. The summed E-state index contributed by atoms with van der Waals surface area (Å²) in [5.74, 6) is 0. The van der Waals surface area contributed by atoms with Crippen molar-refractivity contribution in [1.29, 1.82) is 0 Å². The van der Waals surface area contributed by atoms with Gasteiger partial charge in [0.25, 0.3) is 0 Å². The second-order valence-electron chi connectivity index (χ2n) is 5.66. The zero-order valence-corrected chi connectivity index (χ0v) is 13.2. The lowest BCUT2D eigenvalue weighted by Gasteiger charge is -2.21. The molecule has 1 aromatic heterocycles. The van der Waals surface area contributed by atoms with Crippen LogP contribution in [0.15, 0.2) is 11.4 Å². The number of hydrogen-bond donors (Lipinski definition) is 3. The molecule has 0 aliphatic carbocycles. The van der Waals surface area contributed by atoms with E-state index in [-0.39, 0.29) is 13.0 Å². The summed E-state index contributed by atoms with van der Waals surface area (Å²) < 4.78 is 5.08. The number of alkyl carbamates (subject to hydrolysis) is 1. The maximum Gasteiger partial charge on any atom is 0.407 e. The van der Waals surface area contributed by atoms with E-state index in [0.29, 0.717) is 0 Å². The fourth-order valence-corrected chi connectivity index (χ4v) is 2.45. The molecule has 0 bridgehead atoms. The SMILES string of the molecule is Cc1sccc1C(O)C(O)CCNC(=O)OC(C)(C)C. The third-order valence-electron chi connectivity index (χ3n) is 2.69. The minimum Gasteiger partial charge on any atom is -0.444 e. The van der Waals surface area contributed by atoms with Crippen LogP contribution in [0, 0.1) is 6.92 Å². The summed E-state index contributed by atoms with van der Waals surface area (Å²) in [6.07, 6.45) is -2.11. The highest BCUT2D eigenvalue weighted by Gasteiger charge is 2.21. The number of ether oxygens (including phenoxy) is 1. The quantitative estimate of drug-likeness (QED) is 0.780. The Labute approximate surface area is 123 Å². The summed E-state index contributed by atoms with van der Waals surface area (Å²) in [4.78, 5) is 12.4. The van der Waals surface area contributed by atoms with E-state index in [1.54, 1.807) is 26.8 Å². The maximum absolute atomic E-state index is 11.4. The fraction of sp³-hybridized carbons (Fsp3) is 0.643. The molecule has 114 valence electrons. The van der Waals surface area contributed by atoms with Gasteiger partial charge in [-0.2, -0.15) is 0 Å². The van der Waals surface area contributed by atoms with Gasteiger partial charge < -0.3 is 20.3 Å². The highest BCUT2D eigenvalue weighted by molar-refractivity contribution is 7.10. The van der Waals surface area contributed by atoms with Gasteiger partial charge in [-0.05, 0) is 51.1 Å². The van der Waals surface area contributed by atoms with Crippen molar-refractivity contribution in [2.75, 3.05) is 6.54 Å². The number of rotatable bonds is 5. The average molecular weight is 301 g/mol. The van der Waals surface area contributed by atoms with Crippen LogP contribution >= 0.6 is 11.3 Å². The Balaban J connectivity index is 2.35. The molecule has 6 heteroatoms.